The fraction of sp³-hybridized carbons (Fsp3) is 0.400. The van der Waals surface area contributed by atoms with E-state index in [1.807, 2.05) is 0 Å². The van der Waals surface area contributed by atoms with Gasteiger partial charge in [0.05, 0.1) is 5.56 Å². The summed E-state index contributed by atoms with van der Waals surface area (Å²) in [5.74, 6) is -1.66. The summed E-state index contributed by atoms with van der Waals surface area (Å²) in [5, 5.41) is 18.4. The van der Waals surface area contributed by atoms with E-state index in [-0.39, 0.29) is 15.9 Å². The number of aliphatic carboxylic acids is 1. The smallest absolute Gasteiger partial charge is 0.329 e. The lowest BCUT2D eigenvalue weighted by Gasteiger charge is -2.38. The summed E-state index contributed by atoms with van der Waals surface area (Å²) in [6.45, 7) is 0. The molecule has 0 atom stereocenters. The van der Waals surface area contributed by atoms with Gasteiger partial charge in [-0.05, 0) is 25.3 Å². The van der Waals surface area contributed by atoms with Crippen molar-refractivity contribution in [1.82, 2.24) is 15.5 Å². The minimum atomic E-state index is -1.20. The van der Waals surface area contributed by atoms with E-state index >= 15 is 0 Å². The van der Waals surface area contributed by atoms with Crippen LogP contribution in [0.15, 0.2) is 6.07 Å². The van der Waals surface area contributed by atoms with Crippen molar-refractivity contribution in [2.24, 2.45) is 0 Å². The highest BCUT2D eigenvalue weighted by atomic mass is 35.5. The molecule has 0 aliphatic heterocycles. The molecule has 1 saturated carbocycles. The Morgan fingerprint density at radius 1 is 1.33 bits per heavy atom. The highest BCUT2D eigenvalue weighted by molar-refractivity contribution is 6.34. The number of nitrogens with one attached hydrogen (secondary N) is 1. The number of carbonyl (C=O) groups is 2. The normalized spacial score (nSPS) is 16.8. The van der Waals surface area contributed by atoms with Crippen LogP contribution in [0.1, 0.15) is 29.6 Å². The molecular weight excluding hydrogens is 281 g/mol. The third-order valence-corrected chi connectivity index (χ3v) is 3.40. The molecule has 1 aliphatic rings. The summed E-state index contributed by atoms with van der Waals surface area (Å²) in [4.78, 5) is 23.1. The lowest BCUT2D eigenvalue weighted by Crippen LogP contribution is -2.59. The molecule has 0 bridgehead atoms. The quantitative estimate of drug-likeness (QED) is 0.880. The number of carboxylic acid groups (broad SMARTS) is 1. The van der Waals surface area contributed by atoms with E-state index in [0.29, 0.717) is 12.8 Å². The van der Waals surface area contributed by atoms with Crippen molar-refractivity contribution in [2.45, 2.75) is 24.8 Å². The SMILES string of the molecule is O=C(NC1(C(=O)O)CCC1)c1cc(Cl)nnc1Cl. The van der Waals surface area contributed by atoms with Crippen molar-refractivity contribution in [2.75, 3.05) is 0 Å². The first-order valence-electron chi connectivity index (χ1n) is 5.19. The van der Waals surface area contributed by atoms with Crippen LogP contribution in [0, 0.1) is 0 Å². The second-order valence-corrected chi connectivity index (χ2v) is 4.81. The number of carboxylic acids is 1. The Morgan fingerprint density at radius 3 is 2.50 bits per heavy atom. The van der Waals surface area contributed by atoms with Crippen LogP contribution < -0.4 is 5.32 Å². The van der Waals surface area contributed by atoms with E-state index in [2.05, 4.69) is 15.5 Å². The fourth-order valence-electron chi connectivity index (χ4n) is 1.72. The predicted octanol–water partition coefficient (Wildman–Crippen LogP) is 1.52. The molecule has 6 nitrogen and oxygen atoms in total. The van der Waals surface area contributed by atoms with Crippen molar-refractivity contribution in [1.29, 1.82) is 0 Å². The topological polar surface area (TPSA) is 92.2 Å². The summed E-state index contributed by atoms with van der Waals surface area (Å²) < 4.78 is 0. The molecule has 0 unspecified atom stereocenters. The number of hydrogen-bond acceptors (Lipinski definition) is 4. The van der Waals surface area contributed by atoms with Gasteiger partial charge < -0.3 is 10.4 Å². The molecule has 0 aromatic carbocycles. The molecule has 1 fully saturated rings. The van der Waals surface area contributed by atoms with E-state index in [1.165, 1.54) is 6.07 Å². The molecule has 0 saturated heterocycles. The molecule has 8 heteroatoms. The summed E-state index contributed by atoms with van der Waals surface area (Å²) in [6, 6.07) is 1.25. The molecule has 1 aliphatic carbocycles. The Labute approximate surface area is 112 Å². The summed E-state index contributed by atoms with van der Waals surface area (Å²) >= 11 is 11.3. The van der Waals surface area contributed by atoms with Crippen molar-refractivity contribution in [3.05, 3.63) is 21.9 Å². The molecule has 18 heavy (non-hydrogen) atoms. The van der Waals surface area contributed by atoms with Crippen LogP contribution in [0.25, 0.3) is 0 Å². The molecule has 1 aromatic heterocycles. The van der Waals surface area contributed by atoms with Crippen LogP contribution >= 0.6 is 23.2 Å². The zero-order chi connectivity index (χ0) is 13.3. The van der Waals surface area contributed by atoms with E-state index in [9.17, 15) is 9.59 Å². The lowest BCUT2D eigenvalue weighted by atomic mass is 9.76. The monoisotopic (exact) mass is 289 g/mol. The van der Waals surface area contributed by atoms with Crippen molar-refractivity contribution >= 4 is 35.1 Å². The van der Waals surface area contributed by atoms with Crippen LogP contribution in [-0.4, -0.2) is 32.7 Å². The molecule has 2 N–H and O–H groups in total. The number of carbonyl (C=O) groups excluding carboxylic acids is 1. The Bertz CT molecular complexity index is 517. The maximum absolute atomic E-state index is 11.9. The minimum absolute atomic E-state index is 0.0162. The van der Waals surface area contributed by atoms with Crippen molar-refractivity contribution in [3.8, 4) is 0 Å². The van der Waals surface area contributed by atoms with Gasteiger partial charge in [0.15, 0.2) is 10.3 Å². The van der Waals surface area contributed by atoms with E-state index in [1.54, 1.807) is 0 Å². The third-order valence-electron chi connectivity index (χ3n) is 2.93. The van der Waals surface area contributed by atoms with E-state index in [0.717, 1.165) is 6.42 Å². The second-order valence-electron chi connectivity index (χ2n) is 4.07. The summed E-state index contributed by atoms with van der Waals surface area (Å²) in [6.07, 6.45) is 1.56. The first kappa shape index (κ1) is 13.0. The van der Waals surface area contributed by atoms with Crippen molar-refractivity contribution in [3.63, 3.8) is 0 Å². The van der Waals surface area contributed by atoms with Gasteiger partial charge in [0.2, 0.25) is 0 Å². The van der Waals surface area contributed by atoms with Crippen LogP contribution in [0.2, 0.25) is 10.3 Å². The molecule has 1 aromatic rings. The zero-order valence-corrected chi connectivity index (χ0v) is 10.6. The van der Waals surface area contributed by atoms with Gasteiger partial charge in [-0.25, -0.2) is 4.79 Å². The number of halogens is 2. The largest absolute Gasteiger partial charge is 0.480 e. The first-order valence-corrected chi connectivity index (χ1v) is 5.95. The molecule has 1 heterocycles. The van der Waals surface area contributed by atoms with Crippen LogP contribution in [0.5, 0.6) is 0 Å². The van der Waals surface area contributed by atoms with E-state index < -0.39 is 17.4 Å². The standard InChI is InChI=1S/C10H9Cl2N3O3/c11-6-4-5(7(12)15-14-6)8(16)13-10(9(17)18)2-1-3-10/h4H,1-3H2,(H,13,16)(H,17,18). The van der Waals surface area contributed by atoms with Crippen molar-refractivity contribution < 1.29 is 14.7 Å². The van der Waals surface area contributed by atoms with Gasteiger partial charge in [0.25, 0.3) is 5.91 Å². The molecule has 0 spiro atoms. The number of aromatic nitrogens is 2. The van der Waals surface area contributed by atoms with E-state index in [4.69, 9.17) is 28.3 Å². The highest BCUT2D eigenvalue weighted by Gasteiger charge is 2.46. The third kappa shape index (κ3) is 2.26. The minimum Gasteiger partial charge on any atom is -0.480 e. The highest BCUT2D eigenvalue weighted by Crippen LogP contribution is 2.32. The maximum Gasteiger partial charge on any atom is 0.329 e. The molecule has 2 rings (SSSR count). The predicted molar refractivity (Wildman–Crippen MR) is 63.7 cm³/mol. The Kier molecular flexibility index (Phi) is 3.41. The number of amides is 1. The van der Waals surface area contributed by atoms with Gasteiger partial charge in [-0.1, -0.05) is 23.2 Å². The molecule has 1 amide bonds. The average Bonchev–Trinajstić information content (AvgIpc) is 2.26. The average molecular weight is 290 g/mol. The molecule has 0 radical (unpaired) electrons. The zero-order valence-electron chi connectivity index (χ0n) is 9.11. The Balaban J connectivity index is 2.22. The van der Waals surface area contributed by atoms with Gasteiger partial charge >= 0.3 is 5.97 Å². The maximum atomic E-state index is 11.9. The van der Waals surface area contributed by atoms with Crippen LogP contribution in [0.3, 0.4) is 0 Å². The second kappa shape index (κ2) is 4.70. The van der Waals surface area contributed by atoms with Gasteiger partial charge in [0.1, 0.15) is 5.54 Å². The number of nitrogens with zero attached hydrogens (tertiary/aromatic N) is 2. The number of hydrogen-bond donors (Lipinski definition) is 2. The Morgan fingerprint density at radius 2 is 2.00 bits per heavy atom. The Hall–Kier alpha value is -1.40. The molecule has 96 valence electrons. The number of rotatable bonds is 3. The van der Waals surface area contributed by atoms with Gasteiger partial charge in [-0.3, -0.25) is 4.79 Å². The van der Waals surface area contributed by atoms with Gasteiger partial charge in [-0.15, -0.1) is 10.2 Å². The summed E-state index contributed by atoms with van der Waals surface area (Å²) in [5.41, 5.74) is -1.18. The fourth-order valence-corrected chi connectivity index (χ4v) is 2.04. The van der Waals surface area contributed by atoms with Crippen LogP contribution in [-0.2, 0) is 4.79 Å². The lowest BCUT2D eigenvalue weighted by molar-refractivity contribution is -0.148. The van der Waals surface area contributed by atoms with Crippen LogP contribution in [0.4, 0.5) is 0 Å². The summed E-state index contributed by atoms with van der Waals surface area (Å²) in [7, 11) is 0. The molecular formula is C10H9Cl2N3O3. The van der Waals surface area contributed by atoms with Gasteiger partial charge in [-0.2, -0.15) is 0 Å². The van der Waals surface area contributed by atoms with Gasteiger partial charge in [0, 0.05) is 0 Å². The first-order chi connectivity index (χ1) is 8.44.